The van der Waals surface area contributed by atoms with E-state index in [0.717, 1.165) is 36.3 Å². The van der Waals surface area contributed by atoms with Gasteiger partial charge in [0.15, 0.2) is 11.6 Å². The lowest BCUT2D eigenvalue weighted by Crippen LogP contribution is -2.34. The molecule has 10 heteroatoms. The molecule has 2 aromatic carbocycles. The van der Waals surface area contributed by atoms with Crippen molar-refractivity contribution in [2.45, 2.75) is 39.2 Å². The zero-order valence-corrected chi connectivity index (χ0v) is 21.7. The third kappa shape index (κ3) is 7.27. The number of anilines is 1. The Morgan fingerprint density at radius 1 is 1.22 bits per heavy atom. The van der Waals surface area contributed by atoms with Crippen molar-refractivity contribution >= 4 is 11.8 Å². The van der Waals surface area contributed by atoms with Crippen molar-refractivity contribution in [3.8, 4) is 11.6 Å². The van der Waals surface area contributed by atoms with Gasteiger partial charge >= 0.3 is 6.03 Å². The van der Waals surface area contributed by atoms with E-state index in [9.17, 15) is 13.6 Å². The van der Waals surface area contributed by atoms with Gasteiger partial charge in [0.05, 0.1) is 24.5 Å². The van der Waals surface area contributed by atoms with Crippen molar-refractivity contribution in [2.75, 3.05) is 38.7 Å². The van der Waals surface area contributed by atoms with Crippen LogP contribution in [-0.4, -0.2) is 60.2 Å². The normalized spacial score (nSPS) is 16.1. The number of nitrogens with zero attached hydrogens (tertiary/aromatic N) is 3. The number of urea groups is 1. The van der Waals surface area contributed by atoms with Crippen molar-refractivity contribution in [2.24, 2.45) is 5.73 Å². The quantitative estimate of drug-likeness (QED) is 0.447. The summed E-state index contributed by atoms with van der Waals surface area (Å²) in [4.78, 5) is 13.4. The van der Waals surface area contributed by atoms with E-state index in [2.05, 4.69) is 22.2 Å². The van der Waals surface area contributed by atoms with Crippen LogP contribution in [0.5, 0.6) is 5.88 Å². The van der Waals surface area contributed by atoms with Gasteiger partial charge < -0.3 is 15.2 Å². The highest BCUT2D eigenvalue weighted by atomic mass is 19.2. The highest BCUT2D eigenvalue weighted by Gasteiger charge is 2.27. The molecule has 1 fully saturated rings. The predicted octanol–water partition coefficient (Wildman–Crippen LogP) is 4.86. The van der Waals surface area contributed by atoms with Crippen molar-refractivity contribution in [1.82, 2.24) is 14.7 Å². The third-order valence-electron chi connectivity index (χ3n) is 6.27. The molecule has 3 N–H and O–H groups in total. The molecule has 0 aliphatic carbocycles. The predicted molar refractivity (Wildman–Crippen MR) is 139 cm³/mol. The number of aromatic nitrogens is 2. The minimum Gasteiger partial charge on any atom is -0.477 e. The average Bonchev–Trinajstić information content (AvgIpc) is 3.48. The number of nitrogens with two attached hydrogens (primary N) is 1. The van der Waals surface area contributed by atoms with Gasteiger partial charge in [-0.3, -0.25) is 10.2 Å². The van der Waals surface area contributed by atoms with E-state index in [1.54, 1.807) is 17.9 Å². The molecular weight excluding hydrogens is 480 g/mol. The number of methoxy groups -OCH3 is 1. The number of carbonyl (C=O) groups is 1. The number of likely N-dealkylation sites (tertiary alicyclic amines) is 1. The number of primary amides is 1. The Morgan fingerprint density at radius 2 is 1.95 bits per heavy atom. The summed E-state index contributed by atoms with van der Waals surface area (Å²) in [7, 11) is 1.69. The summed E-state index contributed by atoms with van der Waals surface area (Å²) >= 11 is 0. The van der Waals surface area contributed by atoms with Crippen molar-refractivity contribution in [3.63, 3.8) is 0 Å². The van der Waals surface area contributed by atoms with Gasteiger partial charge in [-0.2, -0.15) is 0 Å². The first-order chi connectivity index (χ1) is 17.7. The Bertz CT molecular complexity index is 1170. The van der Waals surface area contributed by atoms with Crippen LogP contribution in [0.2, 0.25) is 0 Å². The van der Waals surface area contributed by atoms with Crippen LogP contribution in [0.3, 0.4) is 0 Å². The Balaban J connectivity index is 0.000000206. The van der Waals surface area contributed by atoms with Gasteiger partial charge in [-0.25, -0.2) is 18.3 Å². The summed E-state index contributed by atoms with van der Waals surface area (Å²) in [6.07, 6.45) is 0.985. The molecule has 0 spiro atoms. The van der Waals surface area contributed by atoms with E-state index in [-0.39, 0.29) is 0 Å². The molecule has 0 radical (unpaired) electrons. The third-order valence-corrected chi connectivity index (χ3v) is 6.27. The van der Waals surface area contributed by atoms with Gasteiger partial charge in [0, 0.05) is 19.7 Å². The number of benzene rings is 2. The highest BCUT2D eigenvalue weighted by Crippen LogP contribution is 2.30. The molecule has 1 aliphatic rings. The number of amides is 2. The average molecular weight is 516 g/mol. The lowest BCUT2D eigenvalue weighted by Gasteiger charge is -2.23. The Labute approximate surface area is 216 Å². The van der Waals surface area contributed by atoms with Crippen LogP contribution in [0.1, 0.15) is 37.3 Å². The Morgan fingerprint density at radius 3 is 2.57 bits per heavy atom. The molecular formula is C27H35F2N5O3. The van der Waals surface area contributed by atoms with Gasteiger partial charge in [0.1, 0.15) is 5.82 Å². The molecule has 2 heterocycles. The van der Waals surface area contributed by atoms with Crippen LogP contribution in [0.4, 0.5) is 19.4 Å². The molecule has 1 saturated heterocycles. The van der Waals surface area contributed by atoms with Crippen LogP contribution in [0.15, 0.2) is 48.5 Å². The van der Waals surface area contributed by atoms with Gasteiger partial charge in [0.25, 0.3) is 0 Å². The van der Waals surface area contributed by atoms with Crippen molar-refractivity contribution < 1.29 is 23.0 Å². The zero-order chi connectivity index (χ0) is 26.9. The summed E-state index contributed by atoms with van der Waals surface area (Å²) in [6, 6.07) is 13.4. The maximum Gasteiger partial charge on any atom is 0.317 e. The van der Waals surface area contributed by atoms with E-state index >= 15 is 0 Å². The lowest BCUT2D eigenvalue weighted by atomic mass is 9.98. The van der Waals surface area contributed by atoms with Gasteiger partial charge in [-0.05, 0) is 69.5 Å². The minimum absolute atomic E-state index is 0.291. The second-order valence-electron chi connectivity index (χ2n) is 8.91. The fourth-order valence-electron chi connectivity index (χ4n) is 4.34. The summed E-state index contributed by atoms with van der Waals surface area (Å²) < 4.78 is 38.3. The summed E-state index contributed by atoms with van der Waals surface area (Å²) in [5.74, 6) is -0.242. The van der Waals surface area contributed by atoms with Crippen LogP contribution in [0.25, 0.3) is 5.69 Å². The van der Waals surface area contributed by atoms with Crippen LogP contribution in [0, 0.1) is 18.6 Å². The second kappa shape index (κ2) is 13.2. The molecule has 1 aromatic heterocycles. The maximum atomic E-state index is 13.2. The van der Waals surface area contributed by atoms with Gasteiger partial charge in [0.2, 0.25) is 5.88 Å². The number of nitrogens with one attached hydrogen (secondary N) is 1. The first-order valence-corrected chi connectivity index (χ1v) is 12.3. The Kier molecular flexibility index (Phi) is 9.99. The zero-order valence-electron chi connectivity index (χ0n) is 21.7. The molecule has 0 bridgehead atoms. The molecule has 1 aliphatic heterocycles. The monoisotopic (exact) mass is 515 g/mol. The summed E-state index contributed by atoms with van der Waals surface area (Å²) in [5.41, 5.74) is 7.64. The topological polar surface area (TPSA) is 94.6 Å². The fraction of sp³-hybridized carbons (Fsp3) is 0.407. The number of carbonyl (C=O) groups excluding carboxylic acids is 1. The lowest BCUT2D eigenvalue weighted by molar-refractivity contribution is 0.114. The second-order valence-corrected chi connectivity index (χ2v) is 8.91. The molecule has 2 atom stereocenters. The summed E-state index contributed by atoms with van der Waals surface area (Å²) in [5, 5.41) is 6.93. The molecule has 37 heavy (non-hydrogen) atoms. The molecule has 200 valence electrons. The van der Waals surface area contributed by atoms with Crippen LogP contribution >= 0.6 is 0 Å². The molecule has 4 rings (SSSR count). The van der Waals surface area contributed by atoms with Crippen LogP contribution < -0.4 is 15.8 Å². The number of hydrogen-bond acceptors (Lipinski definition) is 5. The van der Waals surface area contributed by atoms with Crippen molar-refractivity contribution in [3.05, 3.63) is 71.3 Å². The molecule has 0 saturated carbocycles. The van der Waals surface area contributed by atoms with E-state index in [1.807, 2.05) is 44.2 Å². The number of hydrogen-bond donors (Lipinski definition) is 2. The van der Waals surface area contributed by atoms with E-state index < -0.39 is 17.7 Å². The molecule has 2 amide bonds. The number of rotatable bonds is 8. The standard InChI is InChI=1S/C14H19F2NO.C13H16N4O2/c1-10(9-18-2)17-6-5-12(8-17)11-3-4-13(15)14(16)7-11;1-3-19-12-9(2)11(15-13(14)18)17(16-12)10-7-5-4-6-8-10/h3-4,7,10,12H,5-6,8-9H2,1-2H3;4-8H,3H2,1-2H3,(H3,14,15,18). The SMILES string of the molecule is CCOc1nn(-c2ccccc2)c(NC(N)=O)c1C.COCC(C)N1CCC(c2ccc(F)c(F)c2)C1. The largest absolute Gasteiger partial charge is 0.477 e. The smallest absolute Gasteiger partial charge is 0.317 e. The summed E-state index contributed by atoms with van der Waals surface area (Å²) in [6.45, 7) is 8.89. The fourth-order valence-corrected chi connectivity index (χ4v) is 4.34. The Hall–Kier alpha value is -3.50. The van der Waals surface area contributed by atoms with E-state index in [1.165, 1.54) is 12.1 Å². The first-order valence-electron chi connectivity index (χ1n) is 12.3. The van der Waals surface area contributed by atoms with E-state index in [0.29, 0.717) is 36.9 Å². The molecule has 8 nitrogen and oxygen atoms in total. The van der Waals surface area contributed by atoms with E-state index in [4.69, 9.17) is 15.2 Å². The number of para-hydroxylation sites is 1. The maximum absolute atomic E-state index is 13.2. The van der Waals surface area contributed by atoms with Crippen LogP contribution in [-0.2, 0) is 4.74 Å². The van der Waals surface area contributed by atoms with Gasteiger partial charge in [-0.1, -0.05) is 24.3 Å². The van der Waals surface area contributed by atoms with Gasteiger partial charge in [-0.15, -0.1) is 5.10 Å². The van der Waals surface area contributed by atoms with Crippen molar-refractivity contribution in [1.29, 1.82) is 0 Å². The molecule has 3 aromatic rings. The molecule has 2 unspecified atom stereocenters. The number of ether oxygens (including phenoxy) is 2. The minimum atomic E-state index is -0.777. The first kappa shape index (κ1) is 28.1. The number of halogens is 2. The highest BCUT2D eigenvalue weighted by molar-refractivity contribution is 5.88.